The van der Waals surface area contributed by atoms with Gasteiger partial charge in [-0.2, -0.15) is 0 Å². The third-order valence-electron chi connectivity index (χ3n) is 1.95. The van der Waals surface area contributed by atoms with Crippen LogP contribution < -0.4 is 16.2 Å². The van der Waals surface area contributed by atoms with Gasteiger partial charge in [-0.25, -0.2) is 4.39 Å². The Morgan fingerprint density at radius 3 is 2.73 bits per heavy atom. The number of halogens is 1. The first-order chi connectivity index (χ1) is 7.06. The van der Waals surface area contributed by atoms with Gasteiger partial charge >= 0.3 is 0 Å². The van der Waals surface area contributed by atoms with Crippen LogP contribution in [-0.2, 0) is 4.79 Å². The first-order valence-corrected chi connectivity index (χ1v) is 4.56. The van der Waals surface area contributed by atoms with Crippen molar-refractivity contribution < 1.29 is 13.9 Å². The minimum absolute atomic E-state index is 0.122. The summed E-state index contributed by atoms with van der Waals surface area (Å²) in [5.74, 6) is -1.36. The van der Waals surface area contributed by atoms with Gasteiger partial charge in [0.1, 0.15) is 0 Å². The molecule has 1 aromatic carbocycles. The lowest BCUT2D eigenvalue weighted by atomic mass is 10.2. The molecule has 1 unspecified atom stereocenters. The molecular formula is C10H13FN2O2. The van der Waals surface area contributed by atoms with Crippen LogP contribution in [0.1, 0.15) is 13.3 Å². The van der Waals surface area contributed by atoms with Crippen molar-refractivity contribution in [3.8, 4) is 5.75 Å². The van der Waals surface area contributed by atoms with Crippen molar-refractivity contribution in [1.82, 2.24) is 0 Å². The van der Waals surface area contributed by atoms with E-state index in [2.05, 4.69) is 0 Å². The number of para-hydroxylation sites is 1. The SMILES string of the molecule is CCC(Oc1c(N)cccc1F)C(N)=O. The summed E-state index contributed by atoms with van der Waals surface area (Å²) in [5, 5.41) is 0. The number of nitrogens with two attached hydrogens (primary N) is 2. The molecule has 82 valence electrons. The second-order valence-corrected chi connectivity index (χ2v) is 3.08. The highest BCUT2D eigenvalue weighted by Crippen LogP contribution is 2.26. The fourth-order valence-electron chi connectivity index (χ4n) is 1.13. The van der Waals surface area contributed by atoms with E-state index in [1.807, 2.05) is 0 Å². The molecule has 0 saturated carbocycles. The summed E-state index contributed by atoms with van der Waals surface area (Å²) >= 11 is 0. The second-order valence-electron chi connectivity index (χ2n) is 3.08. The van der Waals surface area contributed by atoms with Crippen LogP contribution in [0.2, 0.25) is 0 Å². The van der Waals surface area contributed by atoms with Crippen LogP contribution in [0.4, 0.5) is 10.1 Å². The fraction of sp³-hybridized carbons (Fsp3) is 0.300. The topological polar surface area (TPSA) is 78.3 Å². The van der Waals surface area contributed by atoms with Gasteiger partial charge < -0.3 is 16.2 Å². The van der Waals surface area contributed by atoms with Gasteiger partial charge in [-0.05, 0) is 18.6 Å². The molecule has 1 amide bonds. The summed E-state index contributed by atoms with van der Waals surface area (Å²) in [7, 11) is 0. The van der Waals surface area contributed by atoms with E-state index in [1.165, 1.54) is 18.2 Å². The van der Waals surface area contributed by atoms with E-state index in [0.717, 1.165) is 0 Å². The van der Waals surface area contributed by atoms with E-state index in [4.69, 9.17) is 16.2 Å². The van der Waals surface area contributed by atoms with Crippen LogP contribution in [0.15, 0.2) is 18.2 Å². The summed E-state index contributed by atoms with van der Waals surface area (Å²) in [6.07, 6.45) is -0.493. The molecule has 0 fully saturated rings. The normalized spacial score (nSPS) is 12.1. The predicted octanol–water partition coefficient (Wildman–Crippen LogP) is 1.05. The summed E-state index contributed by atoms with van der Waals surface area (Å²) in [6, 6.07) is 4.16. The van der Waals surface area contributed by atoms with Gasteiger partial charge in [-0.3, -0.25) is 4.79 Å². The highest BCUT2D eigenvalue weighted by Gasteiger charge is 2.18. The molecule has 0 aliphatic heterocycles. The Morgan fingerprint density at radius 2 is 2.27 bits per heavy atom. The van der Waals surface area contributed by atoms with E-state index in [1.54, 1.807) is 6.92 Å². The van der Waals surface area contributed by atoms with Gasteiger partial charge in [0.2, 0.25) is 0 Å². The van der Waals surface area contributed by atoms with Crippen molar-refractivity contribution in [2.75, 3.05) is 5.73 Å². The third-order valence-corrected chi connectivity index (χ3v) is 1.95. The Hall–Kier alpha value is -1.78. The fourth-order valence-corrected chi connectivity index (χ4v) is 1.13. The first-order valence-electron chi connectivity index (χ1n) is 4.56. The smallest absolute Gasteiger partial charge is 0.258 e. The zero-order valence-corrected chi connectivity index (χ0v) is 8.37. The molecule has 4 N–H and O–H groups in total. The molecule has 0 heterocycles. The lowest BCUT2D eigenvalue weighted by Crippen LogP contribution is -2.33. The van der Waals surface area contributed by atoms with E-state index < -0.39 is 17.8 Å². The highest BCUT2D eigenvalue weighted by molar-refractivity contribution is 5.79. The van der Waals surface area contributed by atoms with Crippen molar-refractivity contribution in [2.24, 2.45) is 5.73 Å². The number of benzene rings is 1. The van der Waals surface area contributed by atoms with Crippen LogP contribution in [0.5, 0.6) is 5.75 Å². The van der Waals surface area contributed by atoms with Gasteiger partial charge in [0.05, 0.1) is 5.69 Å². The molecule has 0 spiro atoms. The molecule has 0 radical (unpaired) electrons. The highest BCUT2D eigenvalue weighted by atomic mass is 19.1. The number of primary amides is 1. The molecule has 1 atom stereocenters. The van der Waals surface area contributed by atoms with Gasteiger partial charge in [-0.1, -0.05) is 13.0 Å². The molecule has 0 aliphatic rings. The number of rotatable bonds is 4. The lowest BCUT2D eigenvalue weighted by molar-refractivity contribution is -0.124. The van der Waals surface area contributed by atoms with Gasteiger partial charge in [0.15, 0.2) is 17.7 Å². The van der Waals surface area contributed by atoms with E-state index >= 15 is 0 Å². The Morgan fingerprint density at radius 1 is 1.60 bits per heavy atom. The quantitative estimate of drug-likeness (QED) is 0.732. The third kappa shape index (κ3) is 2.59. The van der Waals surface area contributed by atoms with E-state index in [0.29, 0.717) is 6.42 Å². The summed E-state index contributed by atoms with van der Waals surface area (Å²) in [6.45, 7) is 1.71. The molecule has 0 aliphatic carbocycles. The lowest BCUT2D eigenvalue weighted by Gasteiger charge is -2.15. The Bertz CT molecular complexity index is 348. The van der Waals surface area contributed by atoms with Crippen molar-refractivity contribution in [1.29, 1.82) is 0 Å². The molecule has 0 bridgehead atoms. The minimum Gasteiger partial charge on any atom is -0.475 e. The Labute approximate surface area is 87.0 Å². The standard InChI is InChI=1S/C10H13FN2O2/c1-2-8(10(13)14)15-9-6(11)4-3-5-7(9)12/h3-5,8H,2,12H2,1H3,(H2,13,14). The predicted molar refractivity (Wildman–Crippen MR) is 54.7 cm³/mol. The van der Waals surface area contributed by atoms with Crippen LogP contribution in [0.3, 0.4) is 0 Å². The molecule has 4 nitrogen and oxygen atoms in total. The molecule has 0 aromatic heterocycles. The van der Waals surface area contributed by atoms with Gasteiger partial charge in [0.25, 0.3) is 5.91 Å². The van der Waals surface area contributed by atoms with Crippen molar-refractivity contribution in [3.05, 3.63) is 24.0 Å². The molecule has 5 heteroatoms. The maximum absolute atomic E-state index is 13.3. The number of nitrogen functional groups attached to an aromatic ring is 1. The average Bonchev–Trinajstić information content (AvgIpc) is 2.17. The number of ether oxygens (including phenoxy) is 1. The van der Waals surface area contributed by atoms with Crippen molar-refractivity contribution in [2.45, 2.75) is 19.4 Å². The number of anilines is 1. The zero-order chi connectivity index (χ0) is 11.4. The monoisotopic (exact) mass is 212 g/mol. The molecule has 15 heavy (non-hydrogen) atoms. The summed E-state index contributed by atoms with van der Waals surface area (Å²) < 4.78 is 18.4. The Balaban J connectivity index is 2.92. The molecule has 0 saturated heterocycles. The number of carbonyl (C=O) groups excluding carboxylic acids is 1. The van der Waals surface area contributed by atoms with Crippen LogP contribution in [0.25, 0.3) is 0 Å². The second kappa shape index (κ2) is 4.63. The minimum atomic E-state index is -0.857. The maximum atomic E-state index is 13.3. The maximum Gasteiger partial charge on any atom is 0.258 e. The summed E-state index contributed by atoms with van der Waals surface area (Å²) in [5.41, 5.74) is 10.7. The summed E-state index contributed by atoms with van der Waals surface area (Å²) in [4.78, 5) is 10.9. The van der Waals surface area contributed by atoms with Crippen LogP contribution in [-0.4, -0.2) is 12.0 Å². The largest absolute Gasteiger partial charge is 0.475 e. The molecular weight excluding hydrogens is 199 g/mol. The number of carbonyl (C=O) groups is 1. The first kappa shape index (κ1) is 11.3. The Kier molecular flexibility index (Phi) is 3.49. The van der Waals surface area contributed by atoms with Crippen LogP contribution in [0, 0.1) is 5.82 Å². The zero-order valence-electron chi connectivity index (χ0n) is 8.37. The molecule has 1 rings (SSSR count). The average molecular weight is 212 g/mol. The van der Waals surface area contributed by atoms with Gasteiger partial charge in [0, 0.05) is 0 Å². The van der Waals surface area contributed by atoms with Crippen molar-refractivity contribution >= 4 is 11.6 Å². The van der Waals surface area contributed by atoms with Crippen molar-refractivity contribution in [3.63, 3.8) is 0 Å². The van der Waals surface area contributed by atoms with E-state index in [9.17, 15) is 9.18 Å². The number of hydrogen-bond donors (Lipinski definition) is 2. The van der Waals surface area contributed by atoms with Crippen LogP contribution >= 0.6 is 0 Å². The molecule has 1 aromatic rings. The number of hydrogen-bond acceptors (Lipinski definition) is 3. The van der Waals surface area contributed by atoms with E-state index in [-0.39, 0.29) is 11.4 Å². The number of amides is 1. The van der Waals surface area contributed by atoms with Gasteiger partial charge in [-0.15, -0.1) is 0 Å².